The first-order valence-corrected chi connectivity index (χ1v) is 13.3. The SMILES string of the molecule is COc1ccc(NC(=O)C2CCCN(S(=O)(=O)c3c(C)noc3C=Cc3cc(C)ccc3C)C2)cc1. The third-order valence-corrected chi connectivity index (χ3v) is 8.42. The summed E-state index contributed by atoms with van der Waals surface area (Å²) in [5.74, 6) is 0.189. The number of hydrogen-bond acceptors (Lipinski definition) is 6. The van der Waals surface area contributed by atoms with Gasteiger partial charge in [0.1, 0.15) is 11.4 Å². The van der Waals surface area contributed by atoms with Crippen LogP contribution in [0.5, 0.6) is 5.75 Å². The van der Waals surface area contributed by atoms with Crippen molar-refractivity contribution in [3.63, 3.8) is 0 Å². The maximum absolute atomic E-state index is 13.7. The lowest BCUT2D eigenvalue weighted by molar-refractivity contribution is -0.120. The Labute approximate surface area is 212 Å². The van der Waals surface area contributed by atoms with Crippen molar-refractivity contribution in [2.75, 3.05) is 25.5 Å². The number of rotatable bonds is 7. The van der Waals surface area contributed by atoms with Crippen LogP contribution >= 0.6 is 0 Å². The molecule has 1 saturated heterocycles. The average molecular weight is 510 g/mol. The van der Waals surface area contributed by atoms with Gasteiger partial charge in [-0.1, -0.05) is 35.0 Å². The van der Waals surface area contributed by atoms with Gasteiger partial charge in [-0.25, -0.2) is 8.42 Å². The highest BCUT2D eigenvalue weighted by atomic mass is 32.2. The molecule has 8 nitrogen and oxygen atoms in total. The summed E-state index contributed by atoms with van der Waals surface area (Å²) in [6.45, 7) is 6.04. The Morgan fingerprint density at radius 2 is 1.89 bits per heavy atom. The number of benzene rings is 2. The molecule has 0 bridgehead atoms. The van der Waals surface area contributed by atoms with E-state index < -0.39 is 15.9 Å². The molecule has 190 valence electrons. The molecule has 0 aliphatic carbocycles. The van der Waals surface area contributed by atoms with Crippen molar-refractivity contribution >= 4 is 33.8 Å². The molecular weight excluding hydrogens is 478 g/mol. The van der Waals surface area contributed by atoms with Gasteiger partial charge < -0.3 is 14.6 Å². The van der Waals surface area contributed by atoms with E-state index in [1.807, 2.05) is 38.1 Å². The van der Waals surface area contributed by atoms with Gasteiger partial charge in [0.25, 0.3) is 0 Å². The van der Waals surface area contributed by atoms with Crippen LogP contribution in [0.4, 0.5) is 5.69 Å². The number of nitrogens with zero attached hydrogens (tertiary/aromatic N) is 2. The number of aryl methyl sites for hydroxylation is 3. The molecule has 1 unspecified atom stereocenters. The summed E-state index contributed by atoms with van der Waals surface area (Å²) in [6.07, 6.45) is 4.67. The number of anilines is 1. The summed E-state index contributed by atoms with van der Waals surface area (Å²) >= 11 is 0. The lowest BCUT2D eigenvalue weighted by atomic mass is 9.99. The van der Waals surface area contributed by atoms with Gasteiger partial charge in [0, 0.05) is 18.8 Å². The monoisotopic (exact) mass is 509 g/mol. The molecule has 36 heavy (non-hydrogen) atoms. The van der Waals surface area contributed by atoms with Crippen molar-refractivity contribution in [2.24, 2.45) is 5.92 Å². The quantitative estimate of drug-likeness (QED) is 0.490. The number of aromatic nitrogens is 1. The summed E-state index contributed by atoms with van der Waals surface area (Å²) in [6, 6.07) is 13.1. The van der Waals surface area contributed by atoms with Crippen molar-refractivity contribution in [3.8, 4) is 5.75 Å². The third kappa shape index (κ3) is 5.52. The van der Waals surface area contributed by atoms with Crippen molar-refractivity contribution in [2.45, 2.75) is 38.5 Å². The van der Waals surface area contributed by atoms with E-state index in [1.54, 1.807) is 44.4 Å². The molecule has 1 N–H and O–H groups in total. The second-order valence-electron chi connectivity index (χ2n) is 9.07. The Balaban J connectivity index is 1.53. The van der Waals surface area contributed by atoms with Gasteiger partial charge in [-0.05, 0) is 75.1 Å². The number of hydrogen-bond donors (Lipinski definition) is 1. The second kappa shape index (κ2) is 10.7. The lowest BCUT2D eigenvalue weighted by Crippen LogP contribution is -2.43. The third-order valence-electron chi connectivity index (χ3n) is 6.39. The molecule has 1 aliphatic rings. The van der Waals surface area contributed by atoms with E-state index in [2.05, 4.69) is 10.5 Å². The molecule has 0 spiro atoms. The van der Waals surface area contributed by atoms with E-state index in [1.165, 1.54) is 4.31 Å². The summed E-state index contributed by atoms with van der Waals surface area (Å²) in [7, 11) is -2.35. The molecule has 1 aliphatic heterocycles. The normalized spacial score (nSPS) is 16.8. The van der Waals surface area contributed by atoms with Crippen LogP contribution in [0.15, 0.2) is 51.9 Å². The number of piperidine rings is 1. The summed E-state index contributed by atoms with van der Waals surface area (Å²) in [5.41, 5.74) is 4.07. The molecule has 1 fully saturated rings. The van der Waals surface area contributed by atoms with E-state index in [-0.39, 0.29) is 23.1 Å². The molecular formula is C27H31N3O5S. The maximum atomic E-state index is 13.7. The predicted octanol–water partition coefficient (Wildman–Crippen LogP) is 4.82. The summed E-state index contributed by atoms with van der Waals surface area (Å²) < 4.78 is 39.2. The Hall–Kier alpha value is -3.43. The largest absolute Gasteiger partial charge is 0.497 e. The average Bonchev–Trinajstić information content (AvgIpc) is 3.26. The topological polar surface area (TPSA) is 102 Å². The number of nitrogens with one attached hydrogen (secondary N) is 1. The van der Waals surface area contributed by atoms with E-state index >= 15 is 0 Å². The zero-order valence-corrected chi connectivity index (χ0v) is 21.8. The van der Waals surface area contributed by atoms with Crippen molar-refractivity contribution in [3.05, 3.63) is 70.6 Å². The minimum atomic E-state index is -3.92. The van der Waals surface area contributed by atoms with E-state index in [9.17, 15) is 13.2 Å². The number of carbonyl (C=O) groups excluding carboxylic acids is 1. The highest BCUT2D eigenvalue weighted by Crippen LogP contribution is 2.30. The fourth-order valence-corrected chi connectivity index (χ4v) is 6.10. The van der Waals surface area contributed by atoms with Gasteiger partial charge in [0.2, 0.25) is 15.9 Å². The minimum Gasteiger partial charge on any atom is -0.497 e. The van der Waals surface area contributed by atoms with Gasteiger partial charge in [-0.15, -0.1) is 0 Å². The zero-order chi connectivity index (χ0) is 25.9. The molecule has 2 heterocycles. The number of carbonyl (C=O) groups is 1. The fraction of sp³-hybridized carbons (Fsp3) is 0.333. The highest BCUT2D eigenvalue weighted by Gasteiger charge is 2.37. The smallest absolute Gasteiger partial charge is 0.248 e. The number of amides is 1. The zero-order valence-electron chi connectivity index (χ0n) is 20.9. The maximum Gasteiger partial charge on any atom is 0.248 e. The fourth-order valence-electron chi connectivity index (χ4n) is 4.33. The van der Waals surface area contributed by atoms with Crippen molar-refractivity contribution in [1.29, 1.82) is 0 Å². The Kier molecular flexibility index (Phi) is 7.61. The lowest BCUT2D eigenvalue weighted by Gasteiger charge is -2.31. The molecule has 9 heteroatoms. The van der Waals surface area contributed by atoms with Crippen LogP contribution in [0.25, 0.3) is 12.2 Å². The highest BCUT2D eigenvalue weighted by molar-refractivity contribution is 7.89. The molecule has 1 amide bonds. The molecule has 0 saturated carbocycles. The van der Waals surface area contributed by atoms with Gasteiger partial charge in [-0.2, -0.15) is 4.31 Å². The second-order valence-corrected chi connectivity index (χ2v) is 10.9. The van der Waals surface area contributed by atoms with Gasteiger partial charge >= 0.3 is 0 Å². The van der Waals surface area contributed by atoms with Crippen LogP contribution in [0.2, 0.25) is 0 Å². The first-order valence-electron chi connectivity index (χ1n) is 11.9. The number of sulfonamides is 1. The Morgan fingerprint density at radius 1 is 1.14 bits per heavy atom. The van der Waals surface area contributed by atoms with E-state index in [0.29, 0.717) is 36.5 Å². The van der Waals surface area contributed by atoms with Crippen LogP contribution in [0, 0.1) is 26.7 Å². The minimum absolute atomic E-state index is 0.0419. The van der Waals surface area contributed by atoms with Crippen LogP contribution < -0.4 is 10.1 Å². The number of methoxy groups -OCH3 is 1. The molecule has 1 atom stereocenters. The first kappa shape index (κ1) is 25.7. The van der Waals surface area contributed by atoms with Gasteiger partial charge in [0.15, 0.2) is 10.7 Å². The molecule has 4 rings (SSSR count). The van der Waals surface area contributed by atoms with E-state index in [0.717, 1.165) is 16.7 Å². The Bertz CT molecular complexity index is 1380. The van der Waals surface area contributed by atoms with Crippen LogP contribution in [-0.4, -0.2) is 44.0 Å². The predicted molar refractivity (Wildman–Crippen MR) is 139 cm³/mol. The van der Waals surface area contributed by atoms with Gasteiger partial charge in [-0.3, -0.25) is 4.79 Å². The molecule has 3 aromatic rings. The molecule has 2 aromatic carbocycles. The first-order chi connectivity index (χ1) is 17.2. The number of ether oxygens (including phenoxy) is 1. The van der Waals surface area contributed by atoms with Crippen LogP contribution in [0.1, 0.15) is 41.0 Å². The Morgan fingerprint density at radius 3 is 2.61 bits per heavy atom. The van der Waals surface area contributed by atoms with Crippen molar-refractivity contribution in [1.82, 2.24) is 9.46 Å². The summed E-state index contributed by atoms with van der Waals surface area (Å²) in [5, 5.41) is 6.82. The molecule has 1 aromatic heterocycles. The standard InChI is InChI=1S/C27H31N3O5S/c1-18-7-8-19(2)21(16-18)9-14-25-26(20(3)29-35-25)36(32,33)30-15-5-6-22(17-30)27(31)28-23-10-12-24(34-4)13-11-23/h7-14,16,22H,5-6,15,17H2,1-4H3,(H,28,31). The van der Waals surface area contributed by atoms with Crippen LogP contribution in [-0.2, 0) is 14.8 Å². The van der Waals surface area contributed by atoms with E-state index in [4.69, 9.17) is 9.26 Å². The van der Waals surface area contributed by atoms with Crippen LogP contribution in [0.3, 0.4) is 0 Å². The molecule has 0 radical (unpaired) electrons. The van der Waals surface area contributed by atoms with Gasteiger partial charge in [0.05, 0.1) is 13.0 Å². The summed E-state index contributed by atoms with van der Waals surface area (Å²) in [4.78, 5) is 13.0. The van der Waals surface area contributed by atoms with Crippen molar-refractivity contribution < 1.29 is 22.5 Å².